The average molecular weight is 312 g/mol. The fourth-order valence-corrected chi connectivity index (χ4v) is 2.70. The van der Waals surface area contributed by atoms with Gasteiger partial charge in [0.05, 0.1) is 12.1 Å². The van der Waals surface area contributed by atoms with Gasteiger partial charge in [0.25, 0.3) is 0 Å². The van der Waals surface area contributed by atoms with Crippen molar-refractivity contribution in [1.29, 1.82) is 0 Å². The fraction of sp³-hybridized carbons (Fsp3) is 0.312. The van der Waals surface area contributed by atoms with Crippen molar-refractivity contribution >= 4 is 22.8 Å². The van der Waals surface area contributed by atoms with Crippen molar-refractivity contribution < 1.29 is 14.6 Å². The van der Waals surface area contributed by atoms with Crippen molar-refractivity contribution in [3.8, 4) is 11.8 Å². The molecule has 3 rings (SSSR count). The molecule has 2 heterocycles. The van der Waals surface area contributed by atoms with Gasteiger partial charge in [-0.05, 0) is 18.2 Å². The number of benzene rings is 1. The number of primary amides is 1. The van der Waals surface area contributed by atoms with Gasteiger partial charge in [-0.2, -0.15) is 0 Å². The van der Waals surface area contributed by atoms with E-state index in [-0.39, 0.29) is 12.7 Å². The summed E-state index contributed by atoms with van der Waals surface area (Å²) < 4.78 is 5.06. The topological polar surface area (TPSA) is 102 Å². The predicted molar refractivity (Wildman–Crippen MR) is 84.8 cm³/mol. The van der Waals surface area contributed by atoms with Crippen LogP contribution in [0.2, 0.25) is 0 Å². The van der Waals surface area contributed by atoms with Gasteiger partial charge < -0.3 is 20.5 Å². The van der Waals surface area contributed by atoms with Crippen LogP contribution in [0.3, 0.4) is 0 Å². The van der Waals surface area contributed by atoms with E-state index in [1.165, 1.54) is 6.33 Å². The van der Waals surface area contributed by atoms with E-state index >= 15 is 0 Å². The SMILES string of the molecule is NC(=O)OC1CCN(c2ncnc3ccc(C#CCO)cc23)C1. The molecule has 1 amide bonds. The number of nitrogens with two attached hydrogens (primary N) is 1. The second-order valence-electron chi connectivity index (χ2n) is 5.18. The van der Waals surface area contributed by atoms with Gasteiger partial charge in [0.1, 0.15) is 24.9 Å². The molecule has 23 heavy (non-hydrogen) atoms. The number of nitrogens with zero attached hydrogens (tertiary/aromatic N) is 3. The van der Waals surface area contributed by atoms with Gasteiger partial charge in [-0.3, -0.25) is 0 Å². The molecule has 0 saturated carbocycles. The summed E-state index contributed by atoms with van der Waals surface area (Å²) in [5.74, 6) is 6.28. The van der Waals surface area contributed by atoms with Gasteiger partial charge in [-0.15, -0.1) is 0 Å². The lowest BCUT2D eigenvalue weighted by Crippen LogP contribution is -2.27. The van der Waals surface area contributed by atoms with E-state index in [0.29, 0.717) is 13.0 Å². The Morgan fingerprint density at radius 2 is 2.35 bits per heavy atom. The summed E-state index contributed by atoms with van der Waals surface area (Å²) in [5.41, 5.74) is 6.67. The highest BCUT2D eigenvalue weighted by atomic mass is 16.6. The highest BCUT2D eigenvalue weighted by molar-refractivity contribution is 5.90. The molecule has 1 aliphatic rings. The van der Waals surface area contributed by atoms with Crippen molar-refractivity contribution in [2.45, 2.75) is 12.5 Å². The second kappa shape index (κ2) is 6.50. The first kappa shape index (κ1) is 15.1. The number of hydrogen-bond acceptors (Lipinski definition) is 6. The molecule has 7 heteroatoms. The number of carbonyl (C=O) groups excluding carboxylic acids is 1. The standard InChI is InChI=1S/C16H16N4O3/c17-16(22)23-12-5-6-20(9-12)15-13-8-11(2-1-7-21)3-4-14(13)18-10-19-15/h3-4,8,10,12,21H,5-7,9H2,(H2,17,22). The Labute approximate surface area is 133 Å². The van der Waals surface area contributed by atoms with E-state index < -0.39 is 6.09 Å². The Balaban J connectivity index is 1.92. The van der Waals surface area contributed by atoms with E-state index in [1.54, 1.807) is 0 Å². The van der Waals surface area contributed by atoms with Crippen LogP contribution >= 0.6 is 0 Å². The number of aliphatic hydroxyl groups excluding tert-OH is 1. The molecule has 1 unspecified atom stereocenters. The van der Waals surface area contributed by atoms with Crippen molar-refractivity contribution in [3.05, 3.63) is 30.1 Å². The van der Waals surface area contributed by atoms with Gasteiger partial charge in [-0.25, -0.2) is 14.8 Å². The first-order valence-corrected chi connectivity index (χ1v) is 7.23. The first-order chi connectivity index (χ1) is 11.2. The normalized spacial score (nSPS) is 16.9. The number of hydrogen-bond donors (Lipinski definition) is 2. The third-order valence-corrected chi connectivity index (χ3v) is 3.65. The number of fused-ring (bicyclic) bond motifs is 1. The van der Waals surface area contributed by atoms with Crippen LogP contribution in [0.25, 0.3) is 10.9 Å². The quantitative estimate of drug-likeness (QED) is 0.789. The summed E-state index contributed by atoms with van der Waals surface area (Å²) in [6, 6.07) is 5.62. The number of aromatic nitrogens is 2. The molecule has 1 aromatic carbocycles. The van der Waals surface area contributed by atoms with Gasteiger partial charge in [0, 0.05) is 23.9 Å². The molecule has 118 valence electrons. The molecule has 2 aromatic rings. The smallest absolute Gasteiger partial charge is 0.404 e. The molecule has 1 saturated heterocycles. The summed E-state index contributed by atoms with van der Waals surface area (Å²) >= 11 is 0. The zero-order valence-electron chi connectivity index (χ0n) is 12.4. The van der Waals surface area contributed by atoms with Gasteiger partial charge >= 0.3 is 6.09 Å². The summed E-state index contributed by atoms with van der Waals surface area (Å²) in [7, 11) is 0. The van der Waals surface area contributed by atoms with E-state index in [1.807, 2.05) is 23.1 Å². The summed E-state index contributed by atoms with van der Waals surface area (Å²) in [5, 5.41) is 9.68. The van der Waals surface area contributed by atoms with Crippen LogP contribution in [0.4, 0.5) is 10.6 Å². The van der Waals surface area contributed by atoms with Crippen molar-refractivity contribution in [1.82, 2.24) is 9.97 Å². The number of carbonyl (C=O) groups is 1. The Bertz CT molecular complexity index is 797. The Hall–Kier alpha value is -2.85. The lowest BCUT2D eigenvalue weighted by atomic mass is 10.1. The van der Waals surface area contributed by atoms with Crippen LogP contribution in [0.1, 0.15) is 12.0 Å². The third kappa shape index (κ3) is 3.33. The second-order valence-corrected chi connectivity index (χ2v) is 5.18. The van der Waals surface area contributed by atoms with E-state index in [2.05, 4.69) is 21.8 Å². The van der Waals surface area contributed by atoms with E-state index in [9.17, 15) is 4.79 Å². The lowest BCUT2D eigenvalue weighted by molar-refractivity contribution is 0.117. The highest BCUT2D eigenvalue weighted by Crippen LogP contribution is 2.27. The molecule has 3 N–H and O–H groups in total. The zero-order valence-corrected chi connectivity index (χ0v) is 12.4. The van der Waals surface area contributed by atoms with Crippen molar-refractivity contribution in [3.63, 3.8) is 0 Å². The molecule has 1 fully saturated rings. The van der Waals surface area contributed by atoms with Crippen molar-refractivity contribution in [2.75, 3.05) is 24.6 Å². The first-order valence-electron chi connectivity index (χ1n) is 7.23. The Kier molecular flexibility index (Phi) is 4.26. The summed E-state index contributed by atoms with van der Waals surface area (Å²) in [6.45, 7) is 1.08. The number of ether oxygens (including phenoxy) is 1. The highest BCUT2D eigenvalue weighted by Gasteiger charge is 2.27. The van der Waals surface area contributed by atoms with Gasteiger partial charge in [0.15, 0.2) is 0 Å². The minimum Gasteiger partial charge on any atom is -0.444 e. The largest absolute Gasteiger partial charge is 0.444 e. The average Bonchev–Trinajstić information content (AvgIpc) is 2.99. The molecule has 1 atom stereocenters. The van der Waals surface area contributed by atoms with Crippen LogP contribution < -0.4 is 10.6 Å². The molecule has 0 aliphatic carbocycles. The number of rotatable bonds is 2. The maximum Gasteiger partial charge on any atom is 0.404 e. The van der Waals surface area contributed by atoms with E-state index in [4.69, 9.17) is 15.6 Å². The number of anilines is 1. The monoisotopic (exact) mass is 312 g/mol. The van der Waals surface area contributed by atoms with Crippen LogP contribution in [0, 0.1) is 11.8 Å². The molecular weight excluding hydrogens is 296 g/mol. The molecular formula is C16H16N4O3. The third-order valence-electron chi connectivity index (χ3n) is 3.65. The van der Waals surface area contributed by atoms with Gasteiger partial charge in [-0.1, -0.05) is 11.8 Å². The maximum atomic E-state index is 10.9. The number of amides is 1. The van der Waals surface area contributed by atoms with Crippen LogP contribution in [0.5, 0.6) is 0 Å². The summed E-state index contributed by atoms with van der Waals surface area (Å²) in [4.78, 5) is 21.5. The maximum absolute atomic E-state index is 10.9. The van der Waals surface area contributed by atoms with Gasteiger partial charge in [0.2, 0.25) is 0 Å². The number of aliphatic hydroxyl groups is 1. The molecule has 0 radical (unpaired) electrons. The van der Waals surface area contributed by atoms with Crippen LogP contribution in [-0.2, 0) is 4.74 Å². The summed E-state index contributed by atoms with van der Waals surface area (Å²) in [6.07, 6.45) is 1.23. The fourth-order valence-electron chi connectivity index (χ4n) is 2.70. The molecule has 1 aliphatic heterocycles. The molecule has 7 nitrogen and oxygen atoms in total. The van der Waals surface area contributed by atoms with Crippen LogP contribution in [0.15, 0.2) is 24.5 Å². The molecule has 1 aromatic heterocycles. The minimum atomic E-state index is -0.758. The van der Waals surface area contributed by atoms with E-state index in [0.717, 1.165) is 28.8 Å². The lowest BCUT2D eigenvalue weighted by Gasteiger charge is -2.18. The zero-order chi connectivity index (χ0) is 16.2. The Morgan fingerprint density at radius 3 is 3.13 bits per heavy atom. The molecule has 0 bridgehead atoms. The van der Waals surface area contributed by atoms with Crippen molar-refractivity contribution in [2.24, 2.45) is 5.73 Å². The predicted octanol–water partition coefficient (Wildman–Crippen LogP) is 0.648. The molecule has 0 spiro atoms. The Morgan fingerprint density at radius 1 is 1.48 bits per heavy atom. The van der Waals surface area contributed by atoms with Crippen LogP contribution in [-0.4, -0.2) is 47.0 Å². The minimum absolute atomic E-state index is 0.186.